The first-order chi connectivity index (χ1) is 11.7. The van der Waals surface area contributed by atoms with Crippen molar-refractivity contribution in [2.75, 3.05) is 0 Å². The van der Waals surface area contributed by atoms with Gasteiger partial charge in [0.25, 0.3) is 0 Å². The maximum atomic E-state index is 11.2. The number of aromatic nitrogens is 1. The lowest BCUT2D eigenvalue weighted by Crippen LogP contribution is -2.13. The molecule has 1 aliphatic carbocycles. The first-order valence-corrected chi connectivity index (χ1v) is 8.45. The summed E-state index contributed by atoms with van der Waals surface area (Å²) in [5.74, 6) is 1.34. The fraction of sp³-hybridized carbons (Fsp3) is 0.300. The van der Waals surface area contributed by atoms with Crippen LogP contribution in [0, 0.1) is 5.92 Å². The van der Waals surface area contributed by atoms with Crippen molar-refractivity contribution in [1.82, 2.24) is 4.98 Å². The molecular weight excluding hydrogens is 300 g/mol. The summed E-state index contributed by atoms with van der Waals surface area (Å²) in [4.78, 5) is 15.9. The van der Waals surface area contributed by atoms with Gasteiger partial charge in [0.05, 0.1) is 0 Å². The maximum absolute atomic E-state index is 11.2. The van der Waals surface area contributed by atoms with Gasteiger partial charge in [-0.1, -0.05) is 30.3 Å². The summed E-state index contributed by atoms with van der Waals surface area (Å²) in [6.45, 7) is 0. The van der Waals surface area contributed by atoms with Gasteiger partial charge in [0.15, 0.2) is 5.58 Å². The minimum absolute atomic E-state index is 0.240. The molecule has 0 saturated heterocycles. The zero-order valence-corrected chi connectivity index (χ0v) is 13.4. The lowest BCUT2D eigenvalue weighted by molar-refractivity contribution is -0.118. The zero-order valence-electron chi connectivity index (χ0n) is 13.4. The third-order valence-corrected chi connectivity index (χ3v) is 4.76. The summed E-state index contributed by atoms with van der Waals surface area (Å²) in [5, 5.41) is 0. The minimum Gasteiger partial charge on any atom is -0.436 e. The minimum atomic E-state index is -0.240. The first kappa shape index (κ1) is 14.9. The molecule has 24 heavy (non-hydrogen) atoms. The van der Waals surface area contributed by atoms with E-state index in [1.165, 1.54) is 12.8 Å². The molecule has 1 atom stereocenters. The molecule has 0 aliphatic heterocycles. The Labute approximate surface area is 140 Å². The normalized spacial score (nSPS) is 15.5. The lowest BCUT2D eigenvalue weighted by Gasteiger charge is -2.15. The van der Waals surface area contributed by atoms with Gasteiger partial charge in [-0.25, -0.2) is 4.98 Å². The summed E-state index contributed by atoms with van der Waals surface area (Å²) < 4.78 is 6.12. The number of primary amides is 1. The predicted molar refractivity (Wildman–Crippen MR) is 93.3 cm³/mol. The van der Waals surface area contributed by atoms with Gasteiger partial charge in [-0.3, -0.25) is 4.79 Å². The smallest absolute Gasteiger partial charge is 0.227 e. The molecule has 4 heteroatoms. The first-order valence-electron chi connectivity index (χ1n) is 8.45. The predicted octanol–water partition coefficient (Wildman–Crippen LogP) is 4.25. The molecule has 2 aromatic carbocycles. The molecule has 1 heterocycles. The van der Waals surface area contributed by atoms with Crippen molar-refractivity contribution >= 4 is 17.0 Å². The van der Waals surface area contributed by atoms with Crippen LogP contribution in [0.1, 0.15) is 37.2 Å². The molecule has 0 bridgehead atoms. The van der Waals surface area contributed by atoms with Gasteiger partial charge in [-0.05, 0) is 49.3 Å². The van der Waals surface area contributed by atoms with Crippen molar-refractivity contribution < 1.29 is 9.21 Å². The van der Waals surface area contributed by atoms with Crippen LogP contribution in [0.25, 0.3) is 22.6 Å². The Balaban J connectivity index is 1.74. The molecule has 1 aliphatic rings. The highest BCUT2D eigenvalue weighted by Crippen LogP contribution is 2.47. The van der Waals surface area contributed by atoms with Gasteiger partial charge >= 0.3 is 0 Å². The van der Waals surface area contributed by atoms with Crippen LogP contribution in [0.2, 0.25) is 0 Å². The number of amides is 1. The van der Waals surface area contributed by atoms with Crippen molar-refractivity contribution in [2.24, 2.45) is 11.7 Å². The largest absolute Gasteiger partial charge is 0.436 e. The van der Waals surface area contributed by atoms with E-state index in [0.29, 0.717) is 24.1 Å². The van der Waals surface area contributed by atoms with Gasteiger partial charge in [0.1, 0.15) is 5.52 Å². The highest BCUT2D eigenvalue weighted by atomic mass is 16.3. The molecule has 0 spiro atoms. The van der Waals surface area contributed by atoms with Crippen molar-refractivity contribution in [3.8, 4) is 11.5 Å². The number of fused-ring (bicyclic) bond motifs is 1. The highest BCUT2D eigenvalue weighted by molar-refractivity contribution is 5.80. The Hall–Kier alpha value is -2.62. The zero-order chi connectivity index (χ0) is 16.5. The van der Waals surface area contributed by atoms with E-state index in [9.17, 15) is 4.79 Å². The van der Waals surface area contributed by atoms with Crippen LogP contribution in [0.15, 0.2) is 52.9 Å². The quantitative estimate of drug-likeness (QED) is 0.738. The van der Waals surface area contributed by atoms with E-state index in [0.717, 1.165) is 28.6 Å². The number of hydrogen-bond donors (Lipinski definition) is 1. The topological polar surface area (TPSA) is 69.1 Å². The van der Waals surface area contributed by atoms with Crippen LogP contribution in [0.4, 0.5) is 0 Å². The Kier molecular flexibility index (Phi) is 3.81. The van der Waals surface area contributed by atoms with Crippen LogP contribution < -0.4 is 5.73 Å². The van der Waals surface area contributed by atoms with E-state index in [-0.39, 0.29) is 5.91 Å². The fourth-order valence-electron chi connectivity index (χ4n) is 3.41. The number of benzene rings is 2. The van der Waals surface area contributed by atoms with Gasteiger partial charge in [-0.15, -0.1) is 0 Å². The summed E-state index contributed by atoms with van der Waals surface area (Å²) >= 11 is 0. The van der Waals surface area contributed by atoms with Crippen molar-refractivity contribution in [3.63, 3.8) is 0 Å². The highest BCUT2D eigenvalue weighted by Gasteiger charge is 2.34. The summed E-state index contributed by atoms with van der Waals surface area (Å²) in [5.41, 5.74) is 9.20. The molecule has 1 unspecified atom stereocenters. The Morgan fingerprint density at radius 2 is 1.96 bits per heavy atom. The second kappa shape index (κ2) is 6.11. The molecule has 4 rings (SSSR count). The molecule has 1 saturated carbocycles. The monoisotopic (exact) mass is 320 g/mol. The summed E-state index contributed by atoms with van der Waals surface area (Å²) in [6.07, 6.45) is 3.61. The van der Waals surface area contributed by atoms with Gasteiger partial charge in [-0.2, -0.15) is 0 Å². The molecule has 2 N–H and O–H groups in total. The standard InChI is InChI=1S/C20H20N2O2/c21-18(23)12-11-15(13-9-10-13)16-7-4-8-17-19(16)24-20(22-17)14-5-2-1-3-6-14/h1-8,13,15H,9-12H2,(H2,21,23). The Bertz CT molecular complexity index is 866. The van der Waals surface area contributed by atoms with Gasteiger partial charge in [0, 0.05) is 17.5 Å². The average Bonchev–Trinajstić information content (AvgIpc) is 3.33. The van der Waals surface area contributed by atoms with Crippen molar-refractivity contribution in [1.29, 1.82) is 0 Å². The van der Waals surface area contributed by atoms with Crippen LogP contribution >= 0.6 is 0 Å². The average molecular weight is 320 g/mol. The number of para-hydroxylation sites is 1. The molecule has 4 nitrogen and oxygen atoms in total. The van der Waals surface area contributed by atoms with E-state index in [4.69, 9.17) is 10.2 Å². The van der Waals surface area contributed by atoms with Gasteiger partial charge in [0.2, 0.25) is 11.8 Å². The van der Waals surface area contributed by atoms with E-state index in [2.05, 4.69) is 11.1 Å². The maximum Gasteiger partial charge on any atom is 0.227 e. The molecule has 122 valence electrons. The number of oxazole rings is 1. The van der Waals surface area contributed by atoms with E-state index in [1.807, 2.05) is 42.5 Å². The van der Waals surface area contributed by atoms with Crippen LogP contribution in [-0.2, 0) is 4.79 Å². The third-order valence-electron chi connectivity index (χ3n) is 4.76. The van der Waals surface area contributed by atoms with E-state index in [1.54, 1.807) is 0 Å². The van der Waals surface area contributed by atoms with Crippen LogP contribution in [-0.4, -0.2) is 10.9 Å². The second-order valence-electron chi connectivity index (χ2n) is 6.53. The third kappa shape index (κ3) is 2.92. The Morgan fingerprint density at radius 1 is 1.17 bits per heavy atom. The van der Waals surface area contributed by atoms with Gasteiger partial charge < -0.3 is 10.2 Å². The molecular formula is C20H20N2O2. The number of rotatable bonds is 6. The van der Waals surface area contributed by atoms with E-state index >= 15 is 0 Å². The van der Waals surface area contributed by atoms with Crippen LogP contribution in [0.3, 0.4) is 0 Å². The fourth-order valence-corrected chi connectivity index (χ4v) is 3.41. The number of carbonyl (C=O) groups is 1. The molecule has 1 fully saturated rings. The van der Waals surface area contributed by atoms with Crippen molar-refractivity contribution in [3.05, 3.63) is 54.1 Å². The number of nitrogens with two attached hydrogens (primary N) is 1. The Morgan fingerprint density at radius 3 is 2.67 bits per heavy atom. The molecule has 1 aromatic heterocycles. The summed E-state index contributed by atoms with van der Waals surface area (Å²) in [7, 11) is 0. The molecule has 0 radical (unpaired) electrons. The van der Waals surface area contributed by atoms with Crippen molar-refractivity contribution in [2.45, 2.75) is 31.6 Å². The SMILES string of the molecule is NC(=O)CCC(c1cccc2nc(-c3ccccc3)oc12)C1CC1. The molecule has 3 aromatic rings. The van der Waals surface area contributed by atoms with E-state index < -0.39 is 0 Å². The number of carbonyl (C=O) groups excluding carboxylic acids is 1. The lowest BCUT2D eigenvalue weighted by atomic mass is 9.89. The van der Waals surface area contributed by atoms with Crippen LogP contribution in [0.5, 0.6) is 0 Å². The number of nitrogens with zero attached hydrogens (tertiary/aromatic N) is 1. The number of hydrogen-bond acceptors (Lipinski definition) is 3. The second-order valence-corrected chi connectivity index (χ2v) is 6.53. The summed E-state index contributed by atoms with van der Waals surface area (Å²) in [6, 6.07) is 16.0. The molecule has 1 amide bonds.